The third-order valence-electron chi connectivity index (χ3n) is 4.22. The zero-order valence-electron chi connectivity index (χ0n) is 13.7. The SMILES string of the molecule is Cc1cc(C)c(C2(C)Nc3cc(C)ccc3C(=O)O2)c(C)c1. The van der Waals surface area contributed by atoms with Crippen molar-refractivity contribution in [2.75, 3.05) is 5.32 Å². The van der Waals surface area contributed by atoms with Crippen LogP contribution in [-0.4, -0.2) is 5.97 Å². The Balaban J connectivity index is 2.15. The average molecular weight is 295 g/mol. The van der Waals surface area contributed by atoms with Crippen LogP contribution >= 0.6 is 0 Å². The molecule has 1 atom stereocenters. The highest BCUT2D eigenvalue weighted by atomic mass is 16.6. The van der Waals surface area contributed by atoms with Gasteiger partial charge >= 0.3 is 5.97 Å². The van der Waals surface area contributed by atoms with Gasteiger partial charge in [-0.2, -0.15) is 0 Å². The van der Waals surface area contributed by atoms with Gasteiger partial charge in [-0.3, -0.25) is 0 Å². The van der Waals surface area contributed by atoms with Gasteiger partial charge in [0, 0.05) is 5.56 Å². The summed E-state index contributed by atoms with van der Waals surface area (Å²) in [5.74, 6) is -0.282. The number of aryl methyl sites for hydroxylation is 4. The molecule has 1 aliphatic heterocycles. The van der Waals surface area contributed by atoms with E-state index in [-0.39, 0.29) is 5.97 Å². The van der Waals surface area contributed by atoms with E-state index in [2.05, 4.69) is 38.2 Å². The first kappa shape index (κ1) is 14.6. The van der Waals surface area contributed by atoms with Crippen molar-refractivity contribution in [1.82, 2.24) is 0 Å². The van der Waals surface area contributed by atoms with Crippen LogP contribution in [0.3, 0.4) is 0 Å². The second-order valence-corrected chi connectivity index (χ2v) is 6.37. The predicted molar refractivity (Wildman–Crippen MR) is 88.2 cm³/mol. The Morgan fingerprint density at radius 1 is 0.955 bits per heavy atom. The number of hydrogen-bond donors (Lipinski definition) is 1. The number of fused-ring (bicyclic) bond motifs is 1. The van der Waals surface area contributed by atoms with Crippen molar-refractivity contribution in [3.8, 4) is 0 Å². The quantitative estimate of drug-likeness (QED) is 0.794. The maximum absolute atomic E-state index is 12.4. The molecule has 0 bridgehead atoms. The fraction of sp³-hybridized carbons (Fsp3) is 0.316. The van der Waals surface area contributed by atoms with Crippen LogP contribution in [0.25, 0.3) is 0 Å². The normalized spacial score (nSPS) is 20.1. The topological polar surface area (TPSA) is 38.3 Å². The minimum atomic E-state index is -0.847. The highest BCUT2D eigenvalue weighted by Crippen LogP contribution is 2.38. The summed E-state index contributed by atoms with van der Waals surface area (Å²) in [6, 6.07) is 9.97. The fourth-order valence-electron chi connectivity index (χ4n) is 3.51. The van der Waals surface area contributed by atoms with E-state index in [1.54, 1.807) is 0 Å². The zero-order valence-corrected chi connectivity index (χ0v) is 13.7. The second kappa shape index (κ2) is 4.87. The molecule has 2 aromatic carbocycles. The maximum Gasteiger partial charge on any atom is 0.342 e. The largest absolute Gasteiger partial charge is 0.431 e. The minimum Gasteiger partial charge on any atom is -0.431 e. The molecule has 1 N–H and O–H groups in total. The molecule has 3 rings (SSSR count). The van der Waals surface area contributed by atoms with Gasteiger partial charge in [-0.15, -0.1) is 0 Å². The molecule has 0 saturated heterocycles. The van der Waals surface area contributed by atoms with Crippen molar-refractivity contribution in [2.24, 2.45) is 0 Å². The van der Waals surface area contributed by atoms with Gasteiger partial charge in [-0.05, 0) is 63.4 Å². The number of nitrogens with one attached hydrogen (secondary N) is 1. The molecular formula is C19H21NO2. The number of esters is 1. The van der Waals surface area contributed by atoms with Crippen molar-refractivity contribution in [1.29, 1.82) is 0 Å². The Morgan fingerprint density at radius 3 is 2.23 bits per heavy atom. The average Bonchev–Trinajstić information content (AvgIpc) is 2.35. The van der Waals surface area contributed by atoms with E-state index >= 15 is 0 Å². The molecule has 3 nitrogen and oxygen atoms in total. The number of benzene rings is 2. The van der Waals surface area contributed by atoms with Crippen molar-refractivity contribution in [3.05, 3.63) is 63.7 Å². The number of carbonyl (C=O) groups is 1. The summed E-state index contributed by atoms with van der Waals surface area (Å²) in [5, 5.41) is 3.42. The molecule has 1 unspecified atom stereocenters. The second-order valence-electron chi connectivity index (χ2n) is 6.37. The lowest BCUT2D eigenvalue weighted by molar-refractivity contribution is -0.00313. The van der Waals surface area contributed by atoms with E-state index in [4.69, 9.17) is 4.74 Å². The number of rotatable bonds is 1. The lowest BCUT2D eigenvalue weighted by Crippen LogP contribution is -2.42. The molecule has 0 aliphatic carbocycles. The van der Waals surface area contributed by atoms with E-state index < -0.39 is 5.72 Å². The summed E-state index contributed by atoms with van der Waals surface area (Å²) in [4.78, 5) is 12.4. The highest BCUT2D eigenvalue weighted by molar-refractivity contribution is 5.98. The van der Waals surface area contributed by atoms with Gasteiger partial charge in [-0.1, -0.05) is 23.8 Å². The summed E-state index contributed by atoms with van der Waals surface area (Å²) in [7, 11) is 0. The van der Waals surface area contributed by atoms with Crippen LogP contribution in [0.4, 0.5) is 5.69 Å². The van der Waals surface area contributed by atoms with E-state index in [1.807, 2.05) is 32.0 Å². The van der Waals surface area contributed by atoms with E-state index in [1.165, 1.54) is 5.56 Å². The van der Waals surface area contributed by atoms with E-state index in [9.17, 15) is 4.79 Å². The molecule has 0 amide bonds. The first-order valence-electron chi connectivity index (χ1n) is 7.51. The molecule has 2 aromatic rings. The Kier molecular flexibility index (Phi) is 3.24. The third-order valence-corrected chi connectivity index (χ3v) is 4.22. The predicted octanol–water partition coefficient (Wildman–Crippen LogP) is 4.38. The zero-order chi connectivity index (χ0) is 16.1. The van der Waals surface area contributed by atoms with E-state index in [0.29, 0.717) is 5.56 Å². The van der Waals surface area contributed by atoms with Gasteiger partial charge < -0.3 is 10.1 Å². The molecule has 22 heavy (non-hydrogen) atoms. The smallest absolute Gasteiger partial charge is 0.342 e. The lowest BCUT2D eigenvalue weighted by Gasteiger charge is -2.38. The van der Waals surface area contributed by atoms with Gasteiger partial charge in [0.25, 0.3) is 0 Å². The number of cyclic esters (lactones) is 1. The van der Waals surface area contributed by atoms with Crippen molar-refractivity contribution in [2.45, 2.75) is 40.3 Å². The molecule has 3 heteroatoms. The minimum absolute atomic E-state index is 0.282. The fourth-order valence-corrected chi connectivity index (χ4v) is 3.51. The number of carbonyl (C=O) groups excluding carboxylic acids is 1. The van der Waals surface area contributed by atoms with Crippen molar-refractivity contribution < 1.29 is 9.53 Å². The van der Waals surface area contributed by atoms with Gasteiger partial charge in [0.15, 0.2) is 0 Å². The summed E-state index contributed by atoms with van der Waals surface area (Å²) < 4.78 is 5.78. The van der Waals surface area contributed by atoms with E-state index in [0.717, 1.165) is 27.9 Å². The molecule has 1 heterocycles. The molecule has 0 radical (unpaired) electrons. The van der Waals surface area contributed by atoms with Crippen LogP contribution in [0.5, 0.6) is 0 Å². The summed E-state index contributed by atoms with van der Waals surface area (Å²) in [5.41, 5.74) is 6.16. The van der Waals surface area contributed by atoms with Crippen LogP contribution in [0, 0.1) is 27.7 Å². The van der Waals surface area contributed by atoms with Gasteiger partial charge in [0.1, 0.15) is 0 Å². The lowest BCUT2D eigenvalue weighted by atomic mass is 9.90. The van der Waals surface area contributed by atoms with Crippen molar-refractivity contribution in [3.63, 3.8) is 0 Å². The van der Waals surface area contributed by atoms with Crippen LogP contribution in [0.1, 0.15) is 45.1 Å². The molecule has 0 fully saturated rings. The monoisotopic (exact) mass is 295 g/mol. The van der Waals surface area contributed by atoms with Crippen LogP contribution in [-0.2, 0) is 10.5 Å². The van der Waals surface area contributed by atoms with Crippen molar-refractivity contribution >= 4 is 11.7 Å². The first-order chi connectivity index (χ1) is 10.3. The first-order valence-corrected chi connectivity index (χ1v) is 7.51. The highest BCUT2D eigenvalue weighted by Gasteiger charge is 2.39. The molecule has 1 aliphatic rings. The van der Waals surface area contributed by atoms with Gasteiger partial charge in [0.2, 0.25) is 5.72 Å². The molecule has 0 spiro atoms. The standard InChI is InChI=1S/C19H21NO2/c1-11-6-7-15-16(10-11)20-19(5,22-18(15)21)17-13(3)8-12(2)9-14(17)4/h6-10,20H,1-5H3. The molecular weight excluding hydrogens is 274 g/mol. The maximum atomic E-state index is 12.4. The number of hydrogen-bond acceptors (Lipinski definition) is 3. The molecule has 0 saturated carbocycles. The molecule has 114 valence electrons. The Bertz CT molecular complexity index is 756. The number of anilines is 1. The van der Waals surface area contributed by atoms with Crippen LogP contribution in [0.15, 0.2) is 30.3 Å². The Morgan fingerprint density at radius 2 is 1.59 bits per heavy atom. The summed E-state index contributed by atoms with van der Waals surface area (Å²) >= 11 is 0. The van der Waals surface area contributed by atoms with Gasteiger partial charge in [-0.25, -0.2) is 4.79 Å². The Hall–Kier alpha value is -2.29. The summed E-state index contributed by atoms with van der Waals surface area (Å²) in [6.07, 6.45) is 0. The van der Waals surface area contributed by atoms with Gasteiger partial charge in [0.05, 0.1) is 11.3 Å². The number of ether oxygens (including phenoxy) is 1. The third kappa shape index (κ3) is 2.27. The Labute approximate surface area is 131 Å². The molecule has 0 aromatic heterocycles. The van der Waals surface area contributed by atoms with Crippen LogP contribution < -0.4 is 5.32 Å². The van der Waals surface area contributed by atoms with Crippen LogP contribution in [0.2, 0.25) is 0 Å². The summed E-state index contributed by atoms with van der Waals surface area (Å²) in [6.45, 7) is 10.1.